The van der Waals surface area contributed by atoms with Gasteiger partial charge in [0.05, 0.1) is 17.4 Å². The third-order valence-electron chi connectivity index (χ3n) is 4.61. The predicted molar refractivity (Wildman–Crippen MR) is 95.8 cm³/mol. The zero-order valence-electron chi connectivity index (χ0n) is 15.1. The molecule has 0 saturated carbocycles. The predicted octanol–water partition coefficient (Wildman–Crippen LogP) is 1.96. The van der Waals surface area contributed by atoms with Crippen LogP contribution in [0.4, 0.5) is 0 Å². The van der Waals surface area contributed by atoms with Gasteiger partial charge in [-0.2, -0.15) is 0 Å². The first-order valence-corrected chi connectivity index (χ1v) is 10.5. The summed E-state index contributed by atoms with van der Waals surface area (Å²) in [5.74, 6) is -0.850. The maximum atomic E-state index is 12.4. The molecule has 2 atom stereocenters. The summed E-state index contributed by atoms with van der Waals surface area (Å²) >= 11 is 0. The average molecular weight is 383 g/mol. The van der Waals surface area contributed by atoms with Gasteiger partial charge < -0.3 is 14.7 Å². The number of piperidine rings is 1. The fraction of sp³-hybridized carbons (Fsp3) is 0.556. The van der Waals surface area contributed by atoms with Crippen molar-refractivity contribution in [3.63, 3.8) is 0 Å². The lowest BCUT2D eigenvalue weighted by Gasteiger charge is -2.36. The van der Waals surface area contributed by atoms with Gasteiger partial charge in [0.1, 0.15) is 5.75 Å². The number of carboxylic acid groups (broad SMARTS) is 1. The van der Waals surface area contributed by atoms with Gasteiger partial charge in [-0.25, -0.2) is 8.42 Å². The topological polar surface area (TPSA) is 101 Å². The van der Waals surface area contributed by atoms with E-state index in [1.165, 1.54) is 12.1 Å². The number of aliphatic carboxylic acids is 1. The number of benzene rings is 1. The van der Waals surface area contributed by atoms with E-state index in [0.29, 0.717) is 31.6 Å². The minimum atomic E-state index is -3.23. The van der Waals surface area contributed by atoms with Crippen molar-refractivity contribution < 1.29 is 27.9 Å². The number of carbonyl (C=O) groups is 2. The molecule has 8 heteroatoms. The summed E-state index contributed by atoms with van der Waals surface area (Å²) in [6.07, 6.45) is 3.25. The maximum Gasteiger partial charge on any atom is 0.308 e. The smallest absolute Gasteiger partial charge is 0.308 e. The monoisotopic (exact) mass is 383 g/mol. The molecule has 1 aliphatic rings. The molecule has 26 heavy (non-hydrogen) atoms. The van der Waals surface area contributed by atoms with Crippen LogP contribution in [0, 0.1) is 5.92 Å². The first-order chi connectivity index (χ1) is 12.2. The van der Waals surface area contributed by atoms with Crippen LogP contribution in [0.3, 0.4) is 0 Å². The molecule has 0 bridgehead atoms. The van der Waals surface area contributed by atoms with Crippen molar-refractivity contribution >= 4 is 21.7 Å². The number of rotatable bonds is 7. The van der Waals surface area contributed by atoms with Crippen molar-refractivity contribution in [1.82, 2.24) is 4.90 Å². The van der Waals surface area contributed by atoms with E-state index in [9.17, 15) is 18.0 Å². The fourth-order valence-electron chi connectivity index (χ4n) is 3.00. The summed E-state index contributed by atoms with van der Waals surface area (Å²) in [6.45, 7) is 2.54. The fourth-order valence-corrected chi connectivity index (χ4v) is 3.63. The van der Waals surface area contributed by atoms with E-state index in [1.807, 2.05) is 6.92 Å². The molecule has 1 aromatic rings. The van der Waals surface area contributed by atoms with E-state index >= 15 is 0 Å². The molecule has 144 valence electrons. The number of likely N-dealkylation sites (tertiary alicyclic amines) is 1. The number of hydrogen-bond acceptors (Lipinski definition) is 5. The van der Waals surface area contributed by atoms with Gasteiger partial charge in [0, 0.05) is 25.3 Å². The molecule has 0 aromatic heterocycles. The highest BCUT2D eigenvalue weighted by Crippen LogP contribution is 2.23. The molecular weight excluding hydrogens is 358 g/mol. The molecule has 7 nitrogen and oxygen atoms in total. The molecule has 2 rings (SSSR count). The quantitative estimate of drug-likeness (QED) is 0.723. The van der Waals surface area contributed by atoms with E-state index in [-0.39, 0.29) is 29.8 Å². The zero-order valence-corrected chi connectivity index (χ0v) is 15.9. The highest BCUT2D eigenvalue weighted by atomic mass is 32.2. The second-order valence-corrected chi connectivity index (χ2v) is 8.72. The molecule has 0 radical (unpaired) electrons. The van der Waals surface area contributed by atoms with Gasteiger partial charge in [0.25, 0.3) is 0 Å². The third kappa shape index (κ3) is 5.45. The number of ether oxygens (including phenoxy) is 1. The number of carbonyl (C=O) groups excluding carboxylic acids is 1. The molecule has 1 amide bonds. The summed E-state index contributed by atoms with van der Waals surface area (Å²) < 4.78 is 28.3. The van der Waals surface area contributed by atoms with Crippen LogP contribution in [-0.2, 0) is 19.4 Å². The SMILES string of the molecule is CC1CCC(C(=O)O)CN1C(=O)CCCOc1ccc(S(C)(=O)=O)cc1. The van der Waals surface area contributed by atoms with Gasteiger partial charge >= 0.3 is 5.97 Å². The van der Waals surface area contributed by atoms with Crippen molar-refractivity contribution in [2.24, 2.45) is 5.92 Å². The Hall–Kier alpha value is -2.09. The number of hydrogen-bond donors (Lipinski definition) is 1. The van der Waals surface area contributed by atoms with E-state index in [0.717, 1.165) is 6.26 Å². The van der Waals surface area contributed by atoms with Gasteiger partial charge in [0.2, 0.25) is 5.91 Å². The first-order valence-electron chi connectivity index (χ1n) is 8.63. The Morgan fingerprint density at radius 1 is 1.23 bits per heavy atom. The van der Waals surface area contributed by atoms with Gasteiger partial charge in [-0.15, -0.1) is 0 Å². The minimum Gasteiger partial charge on any atom is -0.494 e. The van der Waals surface area contributed by atoms with Crippen molar-refractivity contribution in [1.29, 1.82) is 0 Å². The second kappa shape index (κ2) is 8.53. The molecule has 1 heterocycles. The lowest BCUT2D eigenvalue weighted by Crippen LogP contribution is -2.47. The van der Waals surface area contributed by atoms with Crippen molar-refractivity contribution in [2.45, 2.75) is 43.5 Å². The van der Waals surface area contributed by atoms with Crippen LogP contribution in [0.15, 0.2) is 29.2 Å². The summed E-state index contributed by atoms with van der Waals surface area (Å²) in [6, 6.07) is 6.20. The van der Waals surface area contributed by atoms with Gasteiger partial charge in [-0.05, 0) is 50.5 Å². The van der Waals surface area contributed by atoms with Crippen LogP contribution >= 0.6 is 0 Å². The highest BCUT2D eigenvalue weighted by Gasteiger charge is 2.32. The summed E-state index contributed by atoms with van der Waals surface area (Å²) in [7, 11) is -3.23. The average Bonchev–Trinajstić information content (AvgIpc) is 2.58. The number of sulfone groups is 1. The number of nitrogens with zero attached hydrogens (tertiary/aromatic N) is 1. The van der Waals surface area contributed by atoms with Crippen molar-refractivity contribution in [2.75, 3.05) is 19.4 Å². The number of carboxylic acids is 1. The van der Waals surface area contributed by atoms with Crippen LogP contribution in [0.2, 0.25) is 0 Å². The molecular formula is C18H25NO6S. The molecule has 0 spiro atoms. The van der Waals surface area contributed by atoms with Crippen LogP contribution in [0.1, 0.15) is 32.6 Å². The largest absolute Gasteiger partial charge is 0.494 e. The summed E-state index contributed by atoms with van der Waals surface area (Å²) in [4.78, 5) is 25.4. The molecule has 1 aromatic carbocycles. The van der Waals surface area contributed by atoms with E-state index in [2.05, 4.69) is 0 Å². The molecule has 2 unspecified atom stereocenters. The maximum absolute atomic E-state index is 12.4. The molecule has 1 aliphatic heterocycles. The van der Waals surface area contributed by atoms with E-state index in [4.69, 9.17) is 9.84 Å². The first kappa shape index (κ1) is 20.2. The summed E-state index contributed by atoms with van der Waals surface area (Å²) in [5.41, 5.74) is 0. The number of amides is 1. The van der Waals surface area contributed by atoms with E-state index in [1.54, 1.807) is 17.0 Å². The summed E-state index contributed by atoms with van der Waals surface area (Å²) in [5, 5.41) is 9.14. The third-order valence-corrected chi connectivity index (χ3v) is 5.74. The Kier molecular flexibility index (Phi) is 6.63. The lowest BCUT2D eigenvalue weighted by molar-refractivity contribution is -0.147. The lowest BCUT2D eigenvalue weighted by atomic mass is 9.93. The Bertz CT molecular complexity index is 743. The van der Waals surface area contributed by atoms with Crippen molar-refractivity contribution in [3.05, 3.63) is 24.3 Å². The van der Waals surface area contributed by atoms with Gasteiger partial charge in [0.15, 0.2) is 9.84 Å². The normalized spacial score (nSPS) is 20.6. The Labute approximate surface area is 153 Å². The molecule has 1 N–H and O–H groups in total. The van der Waals surface area contributed by atoms with Crippen LogP contribution in [-0.4, -0.2) is 55.7 Å². The van der Waals surface area contributed by atoms with Crippen LogP contribution < -0.4 is 4.74 Å². The Morgan fingerprint density at radius 3 is 2.46 bits per heavy atom. The molecule has 1 saturated heterocycles. The molecule has 1 fully saturated rings. The van der Waals surface area contributed by atoms with Gasteiger partial charge in [-0.3, -0.25) is 9.59 Å². The van der Waals surface area contributed by atoms with E-state index < -0.39 is 21.7 Å². The Morgan fingerprint density at radius 2 is 1.88 bits per heavy atom. The van der Waals surface area contributed by atoms with Crippen LogP contribution in [0.5, 0.6) is 5.75 Å². The van der Waals surface area contributed by atoms with Gasteiger partial charge in [-0.1, -0.05) is 0 Å². The minimum absolute atomic E-state index is 0.0560. The second-order valence-electron chi connectivity index (χ2n) is 6.70. The van der Waals surface area contributed by atoms with Crippen molar-refractivity contribution in [3.8, 4) is 5.75 Å². The standard InChI is InChI=1S/C18H25NO6S/c1-13-5-6-14(18(21)22)12-19(13)17(20)4-3-11-25-15-7-9-16(10-8-15)26(2,23)24/h7-10,13-14H,3-6,11-12H2,1-2H3,(H,21,22). The zero-order chi connectivity index (χ0) is 19.3. The Balaban J connectivity index is 1.78. The highest BCUT2D eigenvalue weighted by molar-refractivity contribution is 7.90. The molecule has 0 aliphatic carbocycles. The van der Waals surface area contributed by atoms with Crippen LogP contribution in [0.25, 0.3) is 0 Å².